The Hall–Kier alpha value is -0.610. The molecule has 54 valence electrons. The molecule has 0 aliphatic rings. The minimum atomic E-state index is -0.786. The van der Waals surface area contributed by atoms with Gasteiger partial charge in [0.15, 0.2) is 5.38 Å². The summed E-state index contributed by atoms with van der Waals surface area (Å²) in [6, 6.07) is 0. The van der Waals surface area contributed by atoms with Crippen LogP contribution in [0.2, 0.25) is 0 Å². The van der Waals surface area contributed by atoms with Crippen molar-refractivity contribution in [1.82, 2.24) is 4.98 Å². The zero-order chi connectivity index (χ0) is 7.56. The lowest BCUT2D eigenvalue weighted by Gasteiger charge is -1.97. The third kappa shape index (κ3) is 1.46. The van der Waals surface area contributed by atoms with Crippen LogP contribution in [0.25, 0.3) is 0 Å². The standard InChI is InChI=1S/C5H5ClN2OS/c6-4(5(7)9)3-1-10-2-8-3/h1-2,4H,(H2,7,9). The van der Waals surface area contributed by atoms with E-state index >= 15 is 0 Å². The van der Waals surface area contributed by atoms with E-state index in [0.29, 0.717) is 5.69 Å². The van der Waals surface area contributed by atoms with Gasteiger partial charge in [0.05, 0.1) is 11.2 Å². The van der Waals surface area contributed by atoms with Crippen molar-refractivity contribution in [2.24, 2.45) is 5.73 Å². The lowest BCUT2D eigenvalue weighted by atomic mass is 10.3. The summed E-state index contributed by atoms with van der Waals surface area (Å²) < 4.78 is 0. The first kappa shape index (κ1) is 7.50. The number of alkyl halides is 1. The van der Waals surface area contributed by atoms with Crippen LogP contribution < -0.4 is 5.73 Å². The van der Waals surface area contributed by atoms with Crippen LogP contribution in [0, 0.1) is 0 Å². The second-order valence-electron chi connectivity index (χ2n) is 1.68. The van der Waals surface area contributed by atoms with E-state index in [0.717, 1.165) is 0 Å². The number of carbonyl (C=O) groups is 1. The fraction of sp³-hybridized carbons (Fsp3) is 0.200. The zero-order valence-electron chi connectivity index (χ0n) is 4.95. The van der Waals surface area contributed by atoms with E-state index in [1.807, 2.05) is 0 Å². The van der Waals surface area contributed by atoms with Crippen molar-refractivity contribution in [2.75, 3.05) is 0 Å². The molecule has 10 heavy (non-hydrogen) atoms. The normalized spacial score (nSPS) is 12.9. The van der Waals surface area contributed by atoms with Gasteiger partial charge >= 0.3 is 0 Å². The topological polar surface area (TPSA) is 56.0 Å². The highest BCUT2D eigenvalue weighted by Crippen LogP contribution is 2.18. The summed E-state index contributed by atoms with van der Waals surface area (Å²) >= 11 is 6.93. The third-order valence-electron chi connectivity index (χ3n) is 0.961. The molecular weight excluding hydrogens is 172 g/mol. The summed E-state index contributed by atoms with van der Waals surface area (Å²) in [6.45, 7) is 0. The fourth-order valence-corrected chi connectivity index (χ4v) is 1.27. The summed E-state index contributed by atoms with van der Waals surface area (Å²) in [5.41, 5.74) is 7.05. The number of nitrogens with zero attached hydrogens (tertiary/aromatic N) is 1. The number of primary amides is 1. The molecule has 0 radical (unpaired) electrons. The number of hydrogen-bond donors (Lipinski definition) is 1. The molecule has 1 aromatic rings. The van der Waals surface area contributed by atoms with Crippen LogP contribution in [0.4, 0.5) is 0 Å². The molecule has 1 heterocycles. The van der Waals surface area contributed by atoms with Crippen LogP contribution in [-0.2, 0) is 4.79 Å². The minimum absolute atomic E-state index is 0.527. The van der Waals surface area contributed by atoms with Gasteiger partial charge in [-0.15, -0.1) is 22.9 Å². The molecule has 0 spiro atoms. The van der Waals surface area contributed by atoms with Gasteiger partial charge in [-0.2, -0.15) is 0 Å². The first-order valence-corrected chi connectivity index (χ1v) is 3.91. The monoisotopic (exact) mass is 176 g/mol. The molecule has 3 nitrogen and oxygen atoms in total. The smallest absolute Gasteiger partial charge is 0.241 e. The third-order valence-corrected chi connectivity index (χ3v) is 2.00. The molecule has 0 saturated heterocycles. The Kier molecular flexibility index (Phi) is 2.24. The van der Waals surface area contributed by atoms with Crippen LogP contribution in [0.3, 0.4) is 0 Å². The maximum Gasteiger partial charge on any atom is 0.241 e. The quantitative estimate of drug-likeness (QED) is 0.681. The Morgan fingerprint density at radius 2 is 2.60 bits per heavy atom. The maximum absolute atomic E-state index is 10.5. The number of halogens is 1. The zero-order valence-corrected chi connectivity index (χ0v) is 6.52. The highest BCUT2D eigenvalue weighted by Gasteiger charge is 2.15. The summed E-state index contributed by atoms with van der Waals surface area (Å²) in [4.78, 5) is 14.3. The number of amides is 1. The summed E-state index contributed by atoms with van der Waals surface area (Å²) in [6.07, 6.45) is 0. The van der Waals surface area contributed by atoms with Gasteiger partial charge < -0.3 is 5.73 Å². The van der Waals surface area contributed by atoms with E-state index in [4.69, 9.17) is 17.3 Å². The van der Waals surface area contributed by atoms with Crippen molar-refractivity contribution < 1.29 is 4.79 Å². The molecule has 0 aliphatic carbocycles. The van der Waals surface area contributed by atoms with Crippen LogP contribution in [-0.4, -0.2) is 10.9 Å². The highest BCUT2D eigenvalue weighted by atomic mass is 35.5. The summed E-state index contributed by atoms with van der Waals surface area (Å²) in [5.74, 6) is -0.562. The first-order chi connectivity index (χ1) is 4.72. The van der Waals surface area contributed by atoms with Crippen molar-refractivity contribution in [2.45, 2.75) is 5.38 Å². The Bertz CT molecular complexity index is 224. The van der Waals surface area contributed by atoms with Crippen molar-refractivity contribution in [1.29, 1.82) is 0 Å². The maximum atomic E-state index is 10.5. The Morgan fingerprint density at radius 3 is 3.00 bits per heavy atom. The van der Waals surface area contributed by atoms with Gasteiger partial charge in [-0.3, -0.25) is 4.79 Å². The van der Waals surface area contributed by atoms with E-state index in [1.54, 1.807) is 10.9 Å². The Balaban J connectivity index is 2.77. The van der Waals surface area contributed by atoms with Gasteiger partial charge in [-0.25, -0.2) is 4.98 Å². The van der Waals surface area contributed by atoms with Crippen molar-refractivity contribution >= 4 is 28.8 Å². The largest absolute Gasteiger partial charge is 0.368 e. The molecule has 0 saturated carbocycles. The number of thiazole rings is 1. The van der Waals surface area contributed by atoms with Crippen molar-refractivity contribution in [3.8, 4) is 0 Å². The van der Waals surface area contributed by atoms with E-state index < -0.39 is 11.3 Å². The predicted molar refractivity (Wildman–Crippen MR) is 39.9 cm³/mol. The molecule has 1 atom stereocenters. The molecule has 1 aromatic heterocycles. The van der Waals surface area contributed by atoms with Crippen molar-refractivity contribution in [3.63, 3.8) is 0 Å². The number of rotatable bonds is 2. The number of nitrogens with two attached hydrogens (primary N) is 1. The van der Waals surface area contributed by atoms with Crippen LogP contribution in [0.15, 0.2) is 10.9 Å². The van der Waals surface area contributed by atoms with E-state index in [-0.39, 0.29) is 0 Å². The SMILES string of the molecule is NC(=O)C(Cl)c1cscn1. The lowest BCUT2D eigenvalue weighted by Crippen LogP contribution is -2.17. The minimum Gasteiger partial charge on any atom is -0.368 e. The van der Waals surface area contributed by atoms with Gasteiger partial charge in [0.1, 0.15) is 0 Å². The highest BCUT2D eigenvalue weighted by molar-refractivity contribution is 7.07. The number of carbonyl (C=O) groups excluding carboxylic acids is 1. The number of aromatic nitrogens is 1. The average molecular weight is 177 g/mol. The van der Waals surface area contributed by atoms with Gasteiger partial charge in [-0.05, 0) is 0 Å². The van der Waals surface area contributed by atoms with Gasteiger partial charge in [-0.1, -0.05) is 0 Å². The van der Waals surface area contributed by atoms with E-state index in [1.165, 1.54) is 11.3 Å². The van der Waals surface area contributed by atoms with Gasteiger partial charge in [0.2, 0.25) is 5.91 Å². The molecule has 0 aromatic carbocycles. The predicted octanol–water partition coefficient (Wildman–Crippen LogP) is 0.908. The average Bonchev–Trinajstić information content (AvgIpc) is 2.36. The Morgan fingerprint density at radius 1 is 1.90 bits per heavy atom. The molecule has 1 rings (SSSR count). The molecule has 2 N–H and O–H groups in total. The molecule has 5 heteroatoms. The number of hydrogen-bond acceptors (Lipinski definition) is 3. The van der Waals surface area contributed by atoms with E-state index in [2.05, 4.69) is 4.98 Å². The second-order valence-corrected chi connectivity index (χ2v) is 2.83. The van der Waals surface area contributed by atoms with Crippen LogP contribution in [0.1, 0.15) is 11.1 Å². The van der Waals surface area contributed by atoms with Gasteiger partial charge in [0, 0.05) is 5.38 Å². The summed E-state index contributed by atoms with van der Waals surface area (Å²) in [7, 11) is 0. The summed E-state index contributed by atoms with van der Waals surface area (Å²) in [5, 5.41) is 0.911. The fourth-order valence-electron chi connectivity index (χ4n) is 0.493. The molecule has 0 fully saturated rings. The van der Waals surface area contributed by atoms with Gasteiger partial charge in [0.25, 0.3) is 0 Å². The second kappa shape index (κ2) is 2.98. The molecular formula is C5H5ClN2OS. The molecule has 1 amide bonds. The lowest BCUT2D eigenvalue weighted by molar-refractivity contribution is -0.117. The molecule has 1 unspecified atom stereocenters. The van der Waals surface area contributed by atoms with Crippen molar-refractivity contribution in [3.05, 3.63) is 16.6 Å². The van der Waals surface area contributed by atoms with Crippen LogP contribution in [0.5, 0.6) is 0 Å². The Labute approximate surface area is 66.8 Å². The van der Waals surface area contributed by atoms with Crippen LogP contribution >= 0.6 is 22.9 Å². The molecule has 0 aliphatic heterocycles. The van der Waals surface area contributed by atoms with E-state index in [9.17, 15) is 4.79 Å². The molecule has 0 bridgehead atoms. The first-order valence-electron chi connectivity index (χ1n) is 2.53.